The van der Waals surface area contributed by atoms with Gasteiger partial charge in [0.1, 0.15) is 11.6 Å². The van der Waals surface area contributed by atoms with Gasteiger partial charge in [-0.05, 0) is 25.6 Å². The van der Waals surface area contributed by atoms with E-state index in [-0.39, 0.29) is 5.56 Å². The molecule has 0 aliphatic rings. The Morgan fingerprint density at radius 2 is 1.86 bits per heavy atom. The van der Waals surface area contributed by atoms with Crippen molar-refractivity contribution in [3.63, 3.8) is 0 Å². The first-order valence-corrected chi connectivity index (χ1v) is 5.26. The SMILES string of the molecule is CNS(=O)(=O)c1c(F)ccc(C)c1F. The molecule has 0 unspecified atom stereocenters. The van der Waals surface area contributed by atoms with Gasteiger partial charge in [0, 0.05) is 0 Å². The van der Waals surface area contributed by atoms with E-state index in [0.29, 0.717) is 0 Å². The van der Waals surface area contributed by atoms with E-state index >= 15 is 0 Å². The van der Waals surface area contributed by atoms with Crippen LogP contribution in [0.4, 0.5) is 8.78 Å². The Bertz CT molecular complexity index is 457. The van der Waals surface area contributed by atoms with Gasteiger partial charge in [-0.15, -0.1) is 0 Å². The molecule has 0 heterocycles. The minimum Gasteiger partial charge on any atom is -0.214 e. The molecule has 0 bridgehead atoms. The van der Waals surface area contributed by atoms with E-state index in [9.17, 15) is 17.2 Å². The largest absolute Gasteiger partial charge is 0.246 e. The van der Waals surface area contributed by atoms with Crippen LogP contribution in [0.2, 0.25) is 0 Å². The van der Waals surface area contributed by atoms with E-state index in [1.165, 1.54) is 13.0 Å². The number of rotatable bonds is 2. The van der Waals surface area contributed by atoms with Crippen LogP contribution in [-0.4, -0.2) is 15.5 Å². The molecule has 0 atom stereocenters. The summed E-state index contributed by atoms with van der Waals surface area (Å²) >= 11 is 0. The Hall–Kier alpha value is -1.01. The van der Waals surface area contributed by atoms with E-state index < -0.39 is 26.6 Å². The third kappa shape index (κ3) is 1.76. The van der Waals surface area contributed by atoms with Crippen molar-refractivity contribution in [3.8, 4) is 0 Å². The summed E-state index contributed by atoms with van der Waals surface area (Å²) in [7, 11) is -2.99. The predicted molar refractivity (Wildman–Crippen MR) is 47.3 cm³/mol. The number of aryl methyl sites for hydroxylation is 1. The summed E-state index contributed by atoms with van der Waals surface area (Å²) in [5.41, 5.74) is 0.0835. The Balaban J connectivity index is 3.56. The number of hydrogen-bond acceptors (Lipinski definition) is 2. The molecule has 1 rings (SSSR count). The van der Waals surface area contributed by atoms with Crippen molar-refractivity contribution in [1.82, 2.24) is 4.72 Å². The van der Waals surface area contributed by atoms with Gasteiger partial charge in [-0.3, -0.25) is 0 Å². The lowest BCUT2D eigenvalue weighted by Crippen LogP contribution is -2.21. The van der Waals surface area contributed by atoms with Crippen molar-refractivity contribution in [1.29, 1.82) is 0 Å². The van der Waals surface area contributed by atoms with Gasteiger partial charge in [-0.25, -0.2) is 21.9 Å². The van der Waals surface area contributed by atoms with Crippen LogP contribution in [0.5, 0.6) is 0 Å². The third-order valence-corrected chi connectivity index (χ3v) is 3.23. The maximum atomic E-state index is 13.3. The van der Waals surface area contributed by atoms with Crippen molar-refractivity contribution >= 4 is 10.0 Å². The molecule has 78 valence electrons. The lowest BCUT2D eigenvalue weighted by Gasteiger charge is -2.06. The second-order valence-electron chi connectivity index (χ2n) is 2.71. The second kappa shape index (κ2) is 3.62. The van der Waals surface area contributed by atoms with Crippen molar-refractivity contribution in [2.45, 2.75) is 11.8 Å². The molecule has 0 radical (unpaired) electrons. The molecular weight excluding hydrogens is 212 g/mol. The molecular formula is C8H9F2NO2S. The summed E-state index contributed by atoms with van der Waals surface area (Å²) in [6.45, 7) is 1.36. The fraction of sp³-hybridized carbons (Fsp3) is 0.250. The summed E-state index contributed by atoms with van der Waals surface area (Å²) in [4.78, 5) is -0.931. The Labute approximate surface area is 80.8 Å². The maximum absolute atomic E-state index is 13.3. The highest BCUT2D eigenvalue weighted by Gasteiger charge is 2.23. The highest BCUT2D eigenvalue weighted by Crippen LogP contribution is 2.20. The monoisotopic (exact) mass is 221 g/mol. The number of hydrogen-bond donors (Lipinski definition) is 1. The van der Waals surface area contributed by atoms with Crippen molar-refractivity contribution < 1.29 is 17.2 Å². The first-order chi connectivity index (χ1) is 6.40. The molecule has 0 aromatic heterocycles. The minimum atomic E-state index is -4.08. The van der Waals surface area contributed by atoms with E-state index in [0.717, 1.165) is 13.1 Å². The summed E-state index contributed by atoms with van der Waals surface area (Å²) in [6, 6.07) is 2.10. The van der Waals surface area contributed by atoms with Crippen LogP contribution in [0.25, 0.3) is 0 Å². The van der Waals surface area contributed by atoms with Gasteiger partial charge >= 0.3 is 0 Å². The normalized spacial score (nSPS) is 11.7. The van der Waals surface area contributed by atoms with Gasteiger partial charge in [0.05, 0.1) is 0 Å². The number of benzene rings is 1. The zero-order valence-electron chi connectivity index (χ0n) is 7.64. The van der Waals surface area contributed by atoms with Crippen LogP contribution < -0.4 is 4.72 Å². The van der Waals surface area contributed by atoms with Gasteiger partial charge in [0.15, 0.2) is 4.90 Å². The maximum Gasteiger partial charge on any atom is 0.246 e. The first kappa shape index (κ1) is 11.1. The van der Waals surface area contributed by atoms with Gasteiger partial charge in [-0.2, -0.15) is 0 Å². The van der Waals surface area contributed by atoms with Crippen LogP contribution in [-0.2, 0) is 10.0 Å². The molecule has 0 aliphatic heterocycles. The van der Waals surface area contributed by atoms with Crippen molar-refractivity contribution in [3.05, 3.63) is 29.3 Å². The Morgan fingerprint density at radius 3 is 2.36 bits per heavy atom. The van der Waals surface area contributed by atoms with Crippen LogP contribution in [0.1, 0.15) is 5.56 Å². The number of nitrogens with one attached hydrogen (secondary N) is 1. The van der Waals surface area contributed by atoms with Gasteiger partial charge < -0.3 is 0 Å². The topological polar surface area (TPSA) is 46.2 Å². The lowest BCUT2D eigenvalue weighted by atomic mass is 10.2. The molecule has 1 aromatic rings. The summed E-state index contributed by atoms with van der Waals surface area (Å²) < 4.78 is 50.6. The zero-order valence-corrected chi connectivity index (χ0v) is 8.45. The van der Waals surface area contributed by atoms with E-state index in [2.05, 4.69) is 0 Å². The minimum absolute atomic E-state index is 0.0835. The first-order valence-electron chi connectivity index (χ1n) is 3.78. The molecule has 0 saturated carbocycles. The summed E-state index contributed by atoms with van der Waals surface area (Å²) in [6.07, 6.45) is 0. The highest BCUT2D eigenvalue weighted by atomic mass is 32.2. The average Bonchev–Trinajstić information content (AvgIpc) is 2.12. The molecule has 14 heavy (non-hydrogen) atoms. The van der Waals surface area contributed by atoms with Crippen LogP contribution >= 0.6 is 0 Å². The molecule has 1 aromatic carbocycles. The Kier molecular flexibility index (Phi) is 2.86. The van der Waals surface area contributed by atoms with Gasteiger partial charge in [-0.1, -0.05) is 6.07 Å². The fourth-order valence-corrected chi connectivity index (χ4v) is 1.91. The molecule has 0 spiro atoms. The number of sulfonamides is 1. The summed E-state index contributed by atoms with van der Waals surface area (Å²) in [5, 5.41) is 0. The van der Waals surface area contributed by atoms with Crippen LogP contribution in [0, 0.1) is 18.6 Å². The fourth-order valence-electron chi connectivity index (χ4n) is 0.979. The highest BCUT2D eigenvalue weighted by molar-refractivity contribution is 7.89. The van der Waals surface area contributed by atoms with Crippen LogP contribution in [0.3, 0.4) is 0 Å². The molecule has 6 heteroatoms. The Morgan fingerprint density at radius 1 is 1.29 bits per heavy atom. The lowest BCUT2D eigenvalue weighted by molar-refractivity contribution is 0.512. The molecule has 0 fully saturated rings. The molecule has 0 saturated heterocycles. The van der Waals surface area contributed by atoms with Crippen LogP contribution in [0.15, 0.2) is 17.0 Å². The predicted octanol–water partition coefficient (Wildman–Crippen LogP) is 1.18. The molecule has 0 amide bonds. The van der Waals surface area contributed by atoms with Gasteiger partial charge in [0.2, 0.25) is 10.0 Å². The standard InChI is InChI=1S/C8H9F2NO2S/c1-5-3-4-6(9)8(7(5)10)14(12,13)11-2/h3-4,11H,1-2H3. The molecule has 0 aliphatic carbocycles. The quantitative estimate of drug-likeness (QED) is 0.815. The molecule has 3 nitrogen and oxygen atoms in total. The number of halogens is 2. The van der Waals surface area contributed by atoms with Crippen molar-refractivity contribution in [2.24, 2.45) is 0 Å². The van der Waals surface area contributed by atoms with E-state index in [1.54, 1.807) is 0 Å². The van der Waals surface area contributed by atoms with Gasteiger partial charge in [0.25, 0.3) is 0 Å². The smallest absolute Gasteiger partial charge is 0.214 e. The summed E-state index contributed by atoms with van der Waals surface area (Å²) in [5.74, 6) is -2.15. The second-order valence-corrected chi connectivity index (χ2v) is 4.54. The van der Waals surface area contributed by atoms with E-state index in [4.69, 9.17) is 0 Å². The van der Waals surface area contributed by atoms with Crippen molar-refractivity contribution in [2.75, 3.05) is 7.05 Å². The zero-order chi connectivity index (χ0) is 10.9. The third-order valence-electron chi connectivity index (χ3n) is 1.78. The average molecular weight is 221 g/mol. The molecule has 1 N–H and O–H groups in total. The van der Waals surface area contributed by atoms with E-state index in [1.807, 2.05) is 4.72 Å².